The zero-order chi connectivity index (χ0) is 14.3. The first-order valence-electron chi connectivity index (χ1n) is 7.05. The van der Waals surface area contributed by atoms with Crippen molar-refractivity contribution < 1.29 is 4.74 Å². The number of hydrogen-bond donors (Lipinski definition) is 1. The molecular weight excluding hydrogens is 236 g/mol. The van der Waals surface area contributed by atoms with Gasteiger partial charge in [-0.05, 0) is 65.0 Å². The second-order valence-corrected chi connectivity index (χ2v) is 5.61. The summed E-state index contributed by atoms with van der Waals surface area (Å²) in [5.74, 6) is 0.920. The van der Waals surface area contributed by atoms with Gasteiger partial charge in [0, 0.05) is 12.1 Å². The van der Waals surface area contributed by atoms with E-state index in [-0.39, 0.29) is 0 Å². The summed E-state index contributed by atoms with van der Waals surface area (Å²) >= 11 is 0. The third-order valence-electron chi connectivity index (χ3n) is 3.28. The lowest BCUT2D eigenvalue weighted by molar-refractivity contribution is 0.352. The Hall–Kier alpha value is -1.06. The van der Waals surface area contributed by atoms with Crippen molar-refractivity contribution in [3.63, 3.8) is 0 Å². The molecule has 0 amide bonds. The van der Waals surface area contributed by atoms with Crippen molar-refractivity contribution in [2.45, 2.75) is 38.8 Å². The maximum Gasteiger partial charge on any atom is 0.118 e. The molecule has 1 rings (SSSR count). The number of rotatable bonds is 8. The molecule has 3 nitrogen and oxygen atoms in total. The Kier molecular flexibility index (Phi) is 6.89. The lowest BCUT2D eigenvalue weighted by Gasteiger charge is -2.21. The third kappa shape index (κ3) is 6.60. The van der Waals surface area contributed by atoms with Gasteiger partial charge < -0.3 is 15.0 Å². The van der Waals surface area contributed by atoms with Crippen molar-refractivity contribution in [3.05, 3.63) is 29.8 Å². The predicted molar refractivity (Wildman–Crippen MR) is 81.9 cm³/mol. The molecule has 1 aromatic carbocycles. The average molecular weight is 264 g/mol. The molecule has 0 aliphatic heterocycles. The van der Waals surface area contributed by atoms with E-state index in [0.29, 0.717) is 12.1 Å². The van der Waals surface area contributed by atoms with Crippen LogP contribution < -0.4 is 10.1 Å². The van der Waals surface area contributed by atoms with Gasteiger partial charge in [0.1, 0.15) is 5.75 Å². The highest BCUT2D eigenvalue weighted by Crippen LogP contribution is 2.12. The van der Waals surface area contributed by atoms with Crippen molar-refractivity contribution in [1.29, 1.82) is 0 Å². The molecule has 0 aliphatic rings. The molecule has 108 valence electrons. The highest BCUT2D eigenvalue weighted by molar-refractivity contribution is 5.27. The maximum absolute atomic E-state index is 5.17. The summed E-state index contributed by atoms with van der Waals surface area (Å²) in [4.78, 5) is 2.23. The highest BCUT2D eigenvalue weighted by Gasteiger charge is 2.08. The quantitative estimate of drug-likeness (QED) is 0.781. The number of nitrogens with zero attached hydrogens (tertiary/aromatic N) is 1. The van der Waals surface area contributed by atoms with Crippen molar-refractivity contribution in [2.24, 2.45) is 0 Å². The molecule has 0 aliphatic carbocycles. The zero-order valence-electron chi connectivity index (χ0n) is 12.9. The van der Waals surface area contributed by atoms with E-state index in [1.54, 1.807) is 7.11 Å². The Bertz CT molecular complexity index is 348. The normalized spacial score (nSPS) is 14.4. The smallest absolute Gasteiger partial charge is 0.118 e. The van der Waals surface area contributed by atoms with Gasteiger partial charge in [-0.3, -0.25) is 0 Å². The van der Waals surface area contributed by atoms with Gasteiger partial charge in [0.15, 0.2) is 0 Å². The number of benzene rings is 1. The Labute approximate surface area is 118 Å². The SMILES string of the molecule is COc1ccc(CC(C)NC(C)CCN(C)C)cc1. The number of ether oxygens (including phenoxy) is 1. The fourth-order valence-corrected chi connectivity index (χ4v) is 2.19. The molecule has 19 heavy (non-hydrogen) atoms. The molecule has 0 saturated heterocycles. The Morgan fingerprint density at radius 1 is 1.11 bits per heavy atom. The average Bonchev–Trinajstić information content (AvgIpc) is 2.37. The van der Waals surface area contributed by atoms with Crippen LogP contribution in [0.4, 0.5) is 0 Å². The second-order valence-electron chi connectivity index (χ2n) is 5.61. The van der Waals surface area contributed by atoms with E-state index in [0.717, 1.165) is 18.7 Å². The van der Waals surface area contributed by atoms with Crippen LogP contribution in [0.15, 0.2) is 24.3 Å². The Morgan fingerprint density at radius 2 is 1.74 bits per heavy atom. The van der Waals surface area contributed by atoms with E-state index >= 15 is 0 Å². The first-order valence-corrected chi connectivity index (χ1v) is 7.05. The second kappa shape index (κ2) is 8.18. The van der Waals surface area contributed by atoms with Crippen LogP contribution in [0, 0.1) is 0 Å². The minimum absolute atomic E-state index is 0.491. The standard InChI is InChI=1S/C16H28N2O/c1-13(10-11-18(3)4)17-14(2)12-15-6-8-16(19-5)9-7-15/h6-9,13-14,17H,10-12H2,1-5H3. The van der Waals surface area contributed by atoms with Crippen LogP contribution in [-0.4, -0.2) is 44.7 Å². The van der Waals surface area contributed by atoms with E-state index in [4.69, 9.17) is 4.74 Å². The molecule has 1 aromatic rings. The van der Waals surface area contributed by atoms with Gasteiger partial charge in [0.2, 0.25) is 0 Å². The van der Waals surface area contributed by atoms with Crippen LogP contribution in [0.5, 0.6) is 5.75 Å². The summed E-state index contributed by atoms with van der Waals surface area (Å²) in [5, 5.41) is 3.65. The summed E-state index contributed by atoms with van der Waals surface area (Å²) in [6, 6.07) is 9.37. The van der Waals surface area contributed by atoms with E-state index in [1.165, 1.54) is 12.0 Å². The van der Waals surface area contributed by atoms with E-state index in [1.807, 2.05) is 12.1 Å². The van der Waals surface area contributed by atoms with Crippen LogP contribution in [0.3, 0.4) is 0 Å². The van der Waals surface area contributed by atoms with Gasteiger partial charge in [-0.15, -0.1) is 0 Å². The molecule has 1 N–H and O–H groups in total. The molecule has 2 atom stereocenters. The Balaban J connectivity index is 2.34. The number of methoxy groups -OCH3 is 1. The number of hydrogen-bond acceptors (Lipinski definition) is 3. The molecule has 0 fully saturated rings. The lowest BCUT2D eigenvalue weighted by atomic mass is 10.1. The van der Waals surface area contributed by atoms with Crippen LogP contribution in [0.2, 0.25) is 0 Å². The molecular formula is C16H28N2O. The van der Waals surface area contributed by atoms with Gasteiger partial charge in [0.05, 0.1) is 7.11 Å². The monoisotopic (exact) mass is 264 g/mol. The first kappa shape index (κ1) is 16.0. The molecule has 0 spiro atoms. The first-order chi connectivity index (χ1) is 9.01. The van der Waals surface area contributed by atoms with Crippen molar-refractivity contribution >= 4 is 0 Å². The van der Waals surface area contributed by atoms with Crippen LogP contribution in [-0.2, 0) is 6.42 Å². The topological polar surface area (TPSA) is 24.5 Å². The van der Waals surface area contributed by atoms with Crippen molar-refractivity contribution in [2.75, 3.05) is 27.7 Å². The summed E-state index contributed by atoms with van der Waals surface area (Å²) in [6.45, 7) is 5.63. The molecule has 0 heterocycles. The molecule has 0 bridgehead atoms. The minimum Gasteiger partial charge on any atom is -0.497 e. The highest BCUT2D eigenvalue weighted by atomic mass is 16.5. The lowest BCUT2D eigenvalue weighted by Crippen LogP contribution is -2.37. The Morgan fingerprint density at radius 3 is 2.26 bits per heavy atom. The van der Waals surface area contributed by atoms with Gasteiger partial charge in [-0.25, -0.2) is 0 Å². The molecule has 2 unspecified atom stereocenters. The minimum atomic E-state index is 0.491. The van der Waals surface area contributed by atoms with Crippen LogP contribution in [0.25, 0.3) is 0 Å². The van der Waals surface area contributed by atoms with E-state index in [9.17, 15) is 0 Å². The van der Waals surface area contributed by atoms with E-state index < -0.39 is 0 Å². The molecule has 0 saturated carbocycles. The summed E-state index contributed by atoms with van der Waals surface area (Å²) in [7, 11) is 5.94. The largest absolute Gasteiger partial charge is 0.497 e. The van der Waals surface area contributed by atoms with Gasteiger partial charge in [-0.1, -0.05) is 12.1 Å². The zero-order valence-corrected chi connectivity index (χ0v) is 12.9. The van der Waals surface area contributed by atoms with Crippen molar-refractivity contribution in [3.8, 4) is 5.75 Å². The molecule has 3 heteroatoms. The van der Waals surface area contributed by atoms with Gasteiger partial charge in [-0.2, -0.15) is 0 Å². The van der Waals surface area contributed by atoms with Crippen molar-refractivity contribution in [1.82, 2.24) is 10.2 Å². The fourth-order valence-electron chi connectivity index (χ4n) is 2.19. The molecule has 0 aromatic heterocycles. The van der Waals surface area contributed by atoms with Gasteiger partial charge in [0.25, 0.3) is 0 Å². The summed E-state index contributed by atoms with van der Waals surface area (Å²) in [5.41, 5.74) is 1.35. The summed E-state index contributed by atoms with van der Waals surface area (Å²) < 4.78 is 5.17. The van der Waals surface area contributed by atoms with E-state index in [2.05, 4.69) is 50.3 Å². The fraction of sp³-hybridized carbons (Fsp3) is 0.625. The third-order valence-corrected chi connectivity index (χ3v) is 3.28. The predicted octanol–water partition coefficient (Wildman–Crippen LogP) is 2.56. The van der Waals surface area contributed by atoms with Crippen LogP contribution in [0.1, 0.15) is 25.8 Å². The number of nitrogens with one attached hydrogen (secondary N) is 1. The maximum atomic E-state index is 5.17. The summed E-state index contributed by atoms with van der Waals surface area (Å²) in [6.07, 6.45) is 2.23. The van der Waals surface area contributed by atoms with Gasteiger partial charge >= 0.3 is 0 Å². The molecule has 0 radical (unpaired) electrons. The van der Waals surface area contributed by atoms with Crippen LogP contribution >= 0.6 is 0 Å².